The first-order valence-corrected chi connectivity index (χ1v) is 11.4. The molecule has 9 heteroatoms. The molecular weight excluding hydrogens is 380 g/mol. The van der Waals surface area contributed by atoms with Gasteiger partial charge >= 0.3 is 0 Å². The van der Waals surface area contributed by atoms with Crippen molar-refractivity contribution in [1.29, 1.82) is 5.26 Å². The molecule has 2 heterocycles. The summed E-state index contributed by atoms with van der Waals surface area (Å²) in [4.78, 5) is 13.5. The van der Waals surface area contributed by atoms with E-state index in [0.717, 1.165) is 39.9 Å². The van der Waals surface area contributed by atoms with Crippen LogP contribution in [0.2, 0.25) is 0 Å². The first-order valence-electron chi connectivity index (χ1n) is 7.56. The van der Waals surface area contributed by atoms with Crippen LogP contribution in [0.4, 0.5) is 5.00 Å². The predicted molar refractivity (Wildman–Crippen MR) is 101 cm³/mol. The number of fused-ring (bicyclic) bond motifs is 1. The molecule has 0 radical (unpaired) electrons. The van der Waals surface area contributed by atoms with Crippen molar-refractivity contribution < 1.29 is 4.79 Å². The van der Waals surface area contributed by atoms with Crippen LogP contribution in [-0.2, 0) is 17.6 Å². The summed E-state index contributed by atoms with van der Waals surface area (Å²) < 4.78 is 1.68. The van der Waals surface area contributed by atoms with Crippen LogP contribution >= 0.6 is 46.2 Å². The number of hydrogen-bond donors (Lipinski definition) is 1. The maximum atomic E-state index is 12.2. The Bertz CT molecular complexity index is 777. The molecule has 0 saturated carbocycles. The summed E-state index contributed by atoms with van der Waals surface area (Å²) in [6.07, 6.45) is 7.41. The Balaban J connectivity index is 1.65. The van der Waals surface area contributed by atoms with Crippen LogP contribution in [-0.4, -0.2) is 28.1 Å². The highest BCUT2D eigenvalue weighted by Crippen LogP contribution is 2.37. The van der Waals surface area contributed by atoms with Gasteiger partial charge in [-0.25, -0.2) is 0 Å². The second kappa shape index (κ2) is 8.34. The number of carbonyl (C=O) groups excluding carboxylic acids is 1. The SMILES string of the molecule is CSc1nnc(SCC(=O)Nc2sc3c(c2C#N)CCCCC3)s1. The van der Waals surface area contributed by atoms with Crippen LogP contribution in [0.1, 0.15) is 35.3 Å². The molecule has 5 nitrogen and oxygen atoms in total. The third-order valence-electron chi connectivity index (χ3n) is 3.68. The number of aromatic nitrogens is 2. The summed E-state index contributed by atoms with van der Waals surface area (Å²) in [5.41, 5.74) is 1.81. The van der Waals surface area contributed by atoms with E-state index in [0.29, 0.717) is 10.6 Å². The summed E-state index contributed by atoms with van der Waals surface area (Å²) in [5, 5.41) is 21.2. The zero-order valence-corrected chi connectivity index (χ0v) is 16.4. The molecule has 0 atom stereocenters. The molecule has 126 valence electrons. The highest BCUT2D eigenvalue weighted by molar-refractivity contribution is 8.03. The molecular formula is C15H16N4OS4. The number of aryl methyl sites for hydroxylation is 1. The fourth-order valence-corrected chi connectivity index (χ4v) is 6.07. The van der Waals surface area contributed by atoms with Crippen molar-refractivity contribution >= 4 is 57.1 Å². The topological polar surface area (TPSA) is 78.7 Å². The molecule has 1 aliphatic carbocycles. The summed E-state index contributed by atoms with van der Waals surface area (Å²) >= 11 is 5.97. The standard InChI is InChI=1S/C15H16N4OS4/c1-21-14-18-19-15(24-14)22-8-12(20)17-13-10(7-16)9-5-3-2-4-6-11(9)23-13/h2-6,8H2,1H3,(H,17,20). The second-order valence-electron chi connectivity index (χ2n) is 5.26. The molecule has 0 fully saturated rings. The average molecular weight is 397 g/mol. The maximum absolute atomic E-state index is 12.2. The highest BCUT2D eigenvalue weighted by Gasteiger charge is 2.21. The molecule has 1 aliphatic rings. The molecule has 0 bridgehead atoms. The normalized spacial score (nSPS) is 13.8. The number of carbonyl (C=O) groups is 1. The molecule has 0 aliphatic heterocycles. The van der Waals surface area contributed by atoms with Gasteiger partial charge < -0.3 is 5.32 Å². The second-order valence-corrected chi connectivity index (χ2v) is 9.61. The van der Waals surface area contributed by atoms with E-state index in [1.165, 1.54) is 34.4 Å². The molecule has 0 unspecified atom stereocenters. The lowest BCUT2D eigenvalue weighted by Crippen LogP contribution is -2.13. The van der Waals surface area contributed by atoms with Crippen LogP contribution in [0, 0.1) is 11.3 Å². The van der Waals surface area contributed by atoms with E-state index < -0.39 is 0 Å². The number of thiophene rings is 1. The van der Waals surface area contributed by atoms with Gasteiger partial charge in [0.2, 0.25) is 5.91 Å². The quantitative estimate of drug-likeness (QED) is 0.603. The molecule has 1 amide bonds. The lowest BCUT2D eigenvalue weighted by atomic mass is 10.1. The van der Waals surface area contributed by atoms with Crippen molar-refractivity contribution in [3.63, 3.8) is 0 Å². The van der Waals surface area contributed by atoms with Gasteiger partial charge in [-0.05, 0) is 37.5 Å². The van der Waals surface area contributed by atoms with Crippen molar-refractivity contribution in [2.45, 2.75) is 40.8 Å². The molecule has 0 aromatic carbocycles. The van der Waals surface area contributed by atoms with E-state index in [1.54, 1.807) is 23.1 Å². The van der Waals surface area contributed by atoms with E-state index >= 15 is 0 Å². The fraction of sp³-hybridized carbons (Fsp3) is 0.467. The highest BCUT2D eigenvalue weighted by atomic mass is 32.2. The van der Waals surface area contributed by atoms with Gasteiger partial charge in [0.25, 0.3) is 0 Å². The summed E-state index contributed by atoms with van der Waals surface area (Å²) in [6, 6.07) is 2.29. The molecule has 3 rings (SSSR count). The number of thioether (sulfide) groups is 2. The largest absolute Gasteiger partial charge is 0.316 e. The molecule has 1 N–H and O–H groups in total. The van der Waals surface area contributed by atoms with Crippen LogP contribution < -0.4 is 5.32 Å². The average Bonchev–Trinajstić information content (AvgIpc) is 3.10. The number of nitriles is 1. The Labute approximate surface area is 157 Å². The first-order chi connectivity index (χ1) is 11.7. The van der Waals surface area contributed by atoms with Crippen LogP contribution in [0.3, 0.4) is 0 Å². The van der Waals surface area contributed by atoms with Crippen LogP contribution in [0.25, 0.3) is 0 Å². The minimum atomic E-state index is -0.103. The van der Waals surface area contributed by atoms with Crippen molar-refractivity contribution in [3.05, 3.63) is 16.0 Å². The Morgan fingerprint density at radius 3 is 2.79 bits per heavy atom. The molecule has 0 spiro atoms. The Morgan fingerprint density at radius 2 is 2.04 bits per heavy atom. The van der Waals surface area contributed by atoms with Gasteiger partial charge in [-0.2, -0.15) is 5.26 Å². The van der Waals surface area contributed by atoms with E-state index in [4.69, 9.17) is 0 Å². The number of hydrogen-bond acceptors (Lipinski definition) is 8. The molecule has 0 saturated heterocycles. The van der Waals surface area contributed by atoms with E-state index in [9.17, 15) is 10.1 Å². The fourth-order valence-electron chi connectivity index (χ4n) is 2.58. The Kier molecular flexibility index (Phi) is 6.16. The van der Waals surface area contributed by atoms with Gasteiger partial charge in [0.15, 0.2) is 8.68 Å². The molecule has 24 heavy (non-hydrogen) atoms. The summed E-state index contributed by atoms with van der Waals surface area (Å²) in [7, 11) is 0. The molecule has 2 aromatic heterocycles. The minimum Gasteiger partial charge on any atom is -0.316 e. The zero-order valence-electron chi connectivity index (χ0n) is 13.1. The number of anilines is 1. The van der Waals surface area contributed by atoms with Crippen molar-refractivity contribution in [2.24, 2.45) is 0 Å². The van der Waals surface area contributed by atoms with E-state index in [1.807, 2.05) is 6.26 Å². The van der Waals surface area contributed by atoms with Crippen LogP contribution in [0.5, 0.6) is 0 Å². The van der Waals surface area contributed by atoms with Gasteiger partial charge in [-0.1, -0.05) is 41.3 Å². The van der Waals surface area contributed by atoms with Crippen molar-refractivity contribution in [1.82, 2.24) is 10.2 Å². The van der Waals surface area contributed by atoms with Crippen LogP contribution in [0.15, 0.2) is 8.68 Å². The molecule has 2 aromatic rings. The summed E-state index contributed by atoms with van der Waals surface area (Å²) in [5.74, 6) is 0.171. The maximum Gasteiger partial charge on any atom is 0.235 e. The first kappa shape index (κ1) is 17.7. The van der Waals surface area contributed by atoms with Gasteiger partial charge in [-0.3, -0.25) is 4.79 Å². The van der Waals surface area contributed by atoms with Gasteiger partial charge in [0, 0.05) is 4.88 Å². The van der Waals surface area contributed by atoms with Gasteiger partial charge in [-0.15, -0.1) is 21.5 Å². The number of nitrogens with one attached hydrogen (secondary N) is 1. The Morgan fingerprint density at radius 1 is 1.25 bits per heavy atom. The smallest absolute Gasteiger partial charge is 0.235 e. The van der Waals surface area contributed by atoms with E-state index in [-0.39, 0.29) is 11.7 Å². The number of amides is 1. The minimum absolute atomic E-state index is 0.103. The van der Waals surface area contributed by atoms with E-state index in [2.05, 4.69) is 21.6 Å². The predicted octanol–water partition coefficient (Wildman–Crippen LogP) is 4.19. The monoisotopic (exact) mass is 396 g/mol. The van der Waals surface area contributed by atoms with Crippen molar-refractivity contribution in [3.8, 4) is 6.07 Å². The third kappa shape index (κ3) is 4.11. The lowest BCUT2D eigenvalue weighted by Gasteiger charge is -2.02. The Hall–Kier alpha value is -1.08. The van der Waals surface area contributed by atoms with Crippen molar-refractivity contribution in [2.75, 3.05) is 17.3 Å². The number of rotatable bonds is 5. The van der Waals surface area contributed by atoms with Gasteiger partial charge in [0.05, 0.1) is 11.3 Å². The lowest BCUT2D eigenvalue weighted by molar-refractivity contribution is -0.113. The number of nitrogens with zero attached hydrogens (tertiary/aromatic N) is 3. The van der Waals surface area contributed by atoms with Gasteiger partial charge in [0.1, 0.15) is 11.1 Å². The third-order valence-corrected chi connectivity index (χ3v) is 7.91. The zero-order chi connectivity index (χ0) is 16.9. The summed E-state index contributed by atoms with van der Waals surface area (Å²) in [6.45, 7) is 0.